The Morgan fingerprint density at radius 3 is 3.00 bits per heavy atom. The van der Waals surface area contributed by atoms with Crippen LogP contribution in [0.2, 0.25) is 5.02 Å². The number of hydrogen-bond donors (Lipinski definition) is 1. The van der Waals surface area contributed by atoms with Crippen molar-refractivity contribution in [3.05, 3.63) is 34.9 Å². The van der Waals surface area contributed by atoms with Gasteiger partial charge in [-0.25, -0.2) is 0 Å². The van der Waals surface area contributed by atoms with Crippen LogP contribution in [0.1, 0.15) is 18.9 Å². The summed E-state index contributed by atoms with van der Waals surface area (Å²) < 4.78 is 0. The molecule has 0 spiro atoms. The molecule has 1 aromatic rings. The number of nitrogens with zero attached hydrogens (tertiary/aromatic N) is 1. The van der Waals surface area contributed by atoms with Crippen molar-refractivity contribution in [2.75, 3.05) is 0 Å². The Balaban J connectivity index is 1.99. The zero-order valence-electron chi connectivity index (χ0n) is 9.44. The Labute approximate surface area is 110 Å². The highest BCUT2D eigenvalue weighted by Crippen LogP contribution is 2.22. The highest BCUT2D eigenvalue weighted by Gasteiger charge is 2.17. The minimum atomic E-state index is 0.0363. The first-order valence-corrected chi connectivity index (χ1v) is 6.75. The van der Waals surface area contributed by atoms with E-state index in [2.05, 4.69) is 10.3 Å². The van der Waals surface area contributed by atoms with Gasteiger partial charge in [0.05, 0.1) is 6.04 Å². The lowest BCUT2D eigenvalue weighted by Crippen LogP contribution is -2.35. The number of benzene rings is 1. The molecule has 1 heterocycles. The van der Waals surface area contributed by atoms with Gasteiger partial charge >= 0.3 is 0 Å². The van der Waals surface area contributed by atoms with Crippen LogP contribution in [0, 0.1) is 0 Å². The van der Waals surface area contributed by atoms with Gasteiger partial charge in [0.1, 0.15) is 0 Å². The number of thioether (sulfide) groups is 1. The molecule has 0 unspecified atom stereocenters. The summed E-state index contributed by atoms with van der Waals surface area (Å²) in [6.07, 6.45) is 0.468. The Morgan fingerprint density at radius 2 is 2.29 bits per heavy atom. The quantitative estimate of drug-likeness (QED) is 0.896. The number of amides is 1. The van der Waals surface area contributed by atoms with Gasteiger partial charge in [-0.3, -0.25) is 9.79 Å². The monoisotopic (exact) mass is 268 g/mol. The van der Waals surface area contributed by atoms with Crippen molar-refractivity contribution >= 4 is 34.4 Å². The Hall–Kier alpha value is -1.00. The third kappa shape index (κ3) is 3.48. The zero-order chi connectivity index (χ0) is 12.3. The van der Waals surface area contributed by atoms with E-state index in [0.717, 1.165) is 10.6 Å². The lowest BCUT2D eigenvalue weighted by atomic mass is 10.2. The molecule has 0 fully saturated rings. The van der Waals surface area contributed by atoms with E-state index in [0.29, 0.717) is 17.3 Å². The molecule has 1 aliphatic heterocycles. The van der Waals surface area contributed by atoms with Crippen LogP contribution in [0.3, 0.4) is 0 Å². The van der Waals surface area contributed by atoms with Crippen molar-refractivity contribution in [3.8, 4) is 0 Å². The number of nitrogens with one attached hydrogen (secondary N) is 1. The smallest absolute Gasteiger partial charge is 0.228 e. The van der Waals surface area contributed by atoms with Crippen molar-refractivity contribution in [2.24, 2.45) is 4.99 Å². The number of hydrogen-bond acceptors (Lipinski definition) is 3. The second-order valence-electron chi connectivity index (χ2n) is 3.92. The molecule has 1 atom stereocenters. The van der Waals surface area contributed by atoms with Crippen LogP contribution >= 0.6 is 23.4 Å². The SMILES string of the molecule is C[C@H]1CC(=O)NC(SCc2ccccc2Cl)=N1. The first kappa shape index (κ1) is 12.5. The summed E-state index contributed by atoms with van der Waals surface area (Å²) in [4.78, 5) is 15.7. The predicted octanol–water partition coefficient (Wildman–Crippen LogP) is 2.84. The van der Waals surface area contributed by atoms with Gasteiger partial charge in [-0.05, 0) is 18.6 Å². The van der Waals surface area contributed by atoms with Crippen LogP contribution < -0.4 is 5.32 Å². The third-order valence-corrected chi connectivity index (χ3v) is 3.69. The molecule has 17 heavy (non-hydrogen) atoms. The van der Waals surface area contributed by atoms with Gasteiger partial charge in [-0.1, -0.05) is 41.6 Å². The topological polar surface area (TPSA) is 41.5 Å². The van der Waals surface area contributed by atoms with Crippen molar-refractivity contribution in [2.45, 2.75) is 25.1 Å². The number of aliphatic imine (C=N–C) groups is 1. The van der Waals surface area contributed by atoms with E-state index < -0.39 is 0 Å². The number of halogens is 1. The number of carbonyl (C=O) groups is 1. The standard InChI is InChI=1S/C12H13ClN2OS/c1-8-6-11(16)15-12(14-8)17-7-9-4-2-3-5-10(9)13/h2-5,8H,6-7H2,1H3,(H,14,15,16)/t8-/m0/s1. The van der Waals surface area contributed by atoms with Crippen LogP contribution in [0.25, 0.3) is 0 Å². The molecule has 0 saturated heterocycles. The van der Waals surface area contributed by atoms with Gasteiger partial charge in [-0.15, -0.1) is 0 Å². The number of amidine groups is 1. The molecule has 1 aliphatic rings. The maximum absolute atomic E-state index is 11.3. The molecule has 1 aromatic carbocycles. The van der Waals surface area contributed by atoms with Gasteiger partial charge in [0.2, 0.25) is 5.91 Å². The lowest BCUT2D eigenvalue weighted by Gasteiger charge is -2.17. The molecule has 1 N–H and O–H groups in total. The summed E-state index contributed by atoms with van der Waals surface area (Å²) in [6, 6.07) is 7.76. The lowest BCUT2D eigenvalue weighted by molar-refractivity contribution is -0.120. The van der Waals surface area contributed by atoms with Crippen molar-refractivity contribution in [1.82, 2.24) is 5.32 Å². The number of carbonyl (C=O) groups excluding carboxylic acids is 1. The molecular weight excluding hydrogens is 256 g/mol. The molecule has 0 radical (unpaired) electrons. The molecule has 90 valence electrons. The van der Waals surface area contributed by atoms with Crippen molar-refractivity contribution in [1.29, 1.82) is 0 Å². The van der Waals surface area contributed by atoms with E-state index in [1.54, 1.807) is 0 Å². The molecule has 1 amide bonds. The molecule has 5 heteroatoms. The molecule has 0 aromatic heterocycles. The van der Waals surface area contributed by atoms with Gasteiger partial charge in [0.15, 0.2) is 5.17 Å². The fourth-order valence-electron chi connectivity index (χ4n) is 1.55. The minimum Gasteiger partial charge on any atom is -0.305 e. The third-order valence-electron chi connectivity index (χ3n) is 2.39. The first-order chi connectivity index (χ1) is 8.15. The fourth-order valence-corrected chi connectivity index (χ4v) is 2.82. The van der Waals surface area contributed by atoms with E-state index in [-0.39, 0.29) is 11.9 Å². The highest BCUT2D eigenvalue weighted by atomic mass is 35.5. The predicted molar refractivity (Wildman–Crippen MR) is 72.4 cm³/mol. The van der Waals surface area contributed by atoms with E-state index in [1.165, 1.54) is 11.8 Å². The highest BCUT2D eigenvalue weighted by molar-refractivity contribution is 8.13. The first-order valence-electron chi connectivity index (χ1n) is 5.39. The average Bonchev–Trinajstić information content (AvgIpc) is 2.27. The summed E-state index contributed by atoms with van der Waals surface area (Å²) in [6.45, 7) is 1.94. The molecular formula is C12H13ClN2OS. The zero-order valence-corrected chi connectivity index (χ0v) is 11.0. The number of rotatable bonds is 2. The molecule has 0 bridgehead atoms. The van der Waals surface area contributed by atoms with Crippen LogP contribution in [0.5, 0.6) is 0 Å². The Morgan fingerprint density at radius 1 is 1.53 bits per heavy atom. The maximum Gasteiger partial charge on any atom is 0.228 e. The van der Waals surface area contributed by atoms with Gasteiger partial charge in [-0.2, -0.15) is 0 Å². The summed E-state index contributed by atoms with van der Waals surface area (Å²) in [7, 11) is 0. The fraction of sp³-hybridized carbons (Fsp3) is 0.333. The van der Waals surface area contributed by atoms with Crippen LogP contribution in [0.15, 0.2) is 29.3 Å². The van der Waals surface area contributed by atoms with E-state index in [4.69, 9.17) is 11.6 Å². The molecule has 3 nitrogen and oxygen atoms in total. The average molecular weight is 269 g/mol. The van der Waals surface area contributed by atoms with Crippen LogP contribution in [-0.2, 0) is 10.5 Å². The second kappa shape index (κ2) is 5.56. The Kier molecular flexibility index (Phi) is 4.07. The largest absolute Gasteiger partial charge is 0.305 e. The minimum absolute atomic E-state index is 0.0363. The normalized spacial score (nSPS) is 19.8. The van der Waals surface area contributed by atoms with E-state index in [1.807, 2.05) is 31.2 Å². The maximum atomic E-state index is 11.3. The van der Waals surface area contributed by atoms with Gasteiger partial charge in [0.25, 0.3) is 0 Å². The van der Waals surface area contributed by atoms with E-state index in [9.17, 15) is 4.79 Å². The Bertz CT molecular complexity index is 462. The summed E-state index contributed by atoms with van der Waals surface area (Å²) >= 11 is 7.56. The summed E-state index contributed by atoms with van der Waals surface area (Å²) in [5.41, 5.74) is 1.05. The molecule has 0 aliphatic carbocycles. The second-order valence-corrected chi connectivity index (χ2v) is 5.29. The van der Waals surface area contributed by atoms with Crippen molar-refractivity contribution < 1.29 is 4.79 Å². The molecule has 0 saturated carbocycles. The summed E-state index contributed by atoms with van der Waals surface area (Å²) in [5, 5.41) is 4.20. The molecule has 2 rings (SSSR count). The van der Waals surface area contributed by atoms with E-state index >= 15 is 0 Å². The van der Waals surface area contributed by atoms with Gasteiger partial charge in [0, 0.05) is 17.2 Å². The van der Waals surface area contributed by atoms with Crippen molar-refractivity contribution in [3.63, 3.8) is 0 Å². The van der Waals surface area contributed by atoms with Crippen LogP contribution in [0.4, 0.5) is 0 Å². The van der Waals surface area contributed by atoms with Crippen LogP contribution in [-0.4, -0.2) is 17.1 Å². The van der Waals surface area contributed by atoms with Gasteiger partial charge < -0.3 is 5.32 Å². The summed E-state index contributed by atoms with van der Waals surface area (Å²) in [5.74, 6) is 0.750.